The molecule has 0 amide bonds. The molecular formula is C12H20N2O2. The summed E-state index contributed by atoms with van der Waals surface area (Å²) >= 11 is 0. The third kappa shape index (κ3) is 5.09. The van der Waals surface area contributed by atoms with E-state index >= 15 is 0 Å². The molecule has 0 aliphatic carbocycles. The lowest BCUT2D eigenvalue weighted by Crippen LogP contribution is -2.05. The molecule has 0 fully saturated rings. The van der Waals surface area contributed by atoms with E-state index in [4.69, 9.17) is 9.47 Å². The summed E-state index contributed by atoms with van der Waals surface area (Å²) in [5, 5.41) is 2.97. The van der Waals surface area contributed by atoms with Crippen molar-refractivity contribution < 1.29 is 9.47 Å². The molecule has 0 aliphatic rings. The quantitative estimate of drug-likeness (QED) is 0.686. The molecule has 1 aromatic rings. The van der Waals surface area contributed by atoms with E-state index in [1.165, 1.54) is 0 Å². The summed E-state index contributed by atoms with van der Waals surface area (Å²) in [6.07, 6.45) is 2.87. The van der Waals surface area contributed by atoms with Crippen LogP contribution in [0.2, 0.25) is 0 Å². The SMILES string of the molecule is CCCOCCOCc1ccc(NC)nc1. The average molecular weight is 224 g/mol. The number of ether oxygens (including phenoxy) is 2. The van der Waals surface area contributed by atoms with Crippen molar-refractivity contribution in [3.8, 4) is 0 Å². The minimum atomic E-state index is 0.590. The summed E-state index contributed by atoms with van der Waals surface area (Å²) < 4.78 is 10.8. The van der Waals surface area contributed by atoms with Gasteiger partial charge in [0.15, 0.2) is 0 Å². The van der Waals surface area contributed by atoms with Gasteiger partial charge in [0.1, 0.15) is 5.82 Å². The number of aromatic nitrogens is 1. The second-order valence-corrected chi connectivity index (χ2v) is 3.47. The van der Waals surface area contributed by atoms with E-state index in [9.17, 15) is 0 Å². The van der Waals surface area contributed by atoms with Gasteiger partial charge in [0.05, 0.1) is 19.8 Å². The van der Waals surface area contributed by atoms with Crippen LogP contribution in [-0.2, 0) is 16.1 Å². The fraction of sp³-hybridized carbons (Fsp3) is 0.583. The molecule has 0 saturated carbocycles. The number of rotatable bonds is 8. The lowest BCUT2D eigenvalue weighted by molar-refractivity contribution is 0.0407. The monoisotopic (exact) mass is 224 g/mol. The Morgan fingerprint density at radius 3 is 2.62 bits per heavy atom. The van der Waals surface area contributed by atoms with Gasteiger partial charge in [-0.2, -0.15) is 0 Å². The van der Waals surface area contributed by atoms with Crippen LogP contribution in [0.5, 0.6) is 0 Å². The number of hydrogen-bond acceptors (Lipinski definition) is 4. The molecule has 1 heterocycles. The van der Waals surface area contributed by atoms with Crippen molar-refractivity contribution in [2.24, 2.45) is 0 Å². The third-order valence-electron chi connectivity index (χ3n) is 2.07. The number of nitrogens with zero attached hydrogens (tertiary/aromatic N) is 1. The van der Waals surface area contributed by atoms with E-state index in [1.807, 2.05) is 25.4 Å². The van der Waals surface area contributed by atoms with Crippen LogP contribution in [0, 0.1) is 0 Å². The lowest BCUT2D eigenvalue weighted by Gasteiger charge is -2.05. The molecule has 0 bridgehead atoms. The maximum Gasteiger partial charge on any atom is 0.125 e. The highest BCUT2D eigenvalue weighted by Gasteiger charge is 1.95. The van der Waals surface area contributed by atoms with Gasteiger partial charge in [-0.3, -0.25) is 0 Å². The van der Waals surface area contributed by atoms with Crippen molar-refractivity contribution in [2.45, 2.75) is 20.0 Å². The van der Waals surface area contributed by atoms with Crippen LogP contribution < -0.4 is 5.32 Å². The molecule has 4 heteroatoms. The van der Waals surface area contributed by atoms with Gasteiger partial charge in [-0.15, -0.1) is 0 Å². The molecular weight excluding hydrogens is 204 g/mol. The predicted molar refractivity (Wildman–Crippen MR) is 64.5 cm³/mol. The number of hydrogen-bond donors (Lipinski definition) is 1. The highest BCUT2D eigenvalue weighted by atomic mass is 16.5. The third-order valence-corrected chi connectivity index (χ3v) is 2.07. The van der Waals surface area contributed by atoms with Crippen LogP contribution in [0.3, 0.4) is 0 Å². The zero-order valence-electron chi connectivity index (χ0n) is 10.0. The second kappa shape index (κ2) is 8.07. The first-order valence-corrected chi connectivity index (χ1v) is 5.65. The molecule has 4 nitrogen and oxygen atoms in total. The van der Waals surface area contributed by atoms with E-state index in [1.54, 1.807) is 0 Å². The van der Waals surface area contributed by atoms with Gasteiger partial charge in [0.25, 0.3) is 0 Å². The Balaban J connectivity index is 2.12. The van der Waals surface area contributed by atoms with Crippen molar-refractivity contribution in [3.63, 3.8) is 0 Å². The summed E-state index contributed by atoms with van der Waals surface area (Å²) in [6.45, 7) is 4.79. The van der Waals surface area contributed by atoms with Crippen molar-refractivity contribution in [1.29, 1.82) is 0 Å². The van der Waals surface area contributed by atoms with E-state index in [0.717, 1.165) is 24.4 Å². The molecule has 0 unspecified atom stereocenters. The molecule has 16 heavy (non-hydrogen) atoms. The average Bonchev–Trinajstić information content (AvgIpc) is 2.34. The number of nitrogens with one attached hydrogen (secondary N) is 1. The summed E-state index contributed by atoms with van der Waals surface area (Å²) in [4.78, 5) is 4.20. The maximum atomic E-state index is 5.45. The van der Waals surface area contributed by atoms with Crippen molar-refractivity contribution in [1.82, 2.24) is 4.98 Å². The topological polar surface area (TPSA) is 43.4 Å². The fourth-order valence-electron chi connectivity index (χ4n) is 1.21. The maximum absolute atomic E-state index is 5.45. The van der Waals surface area contributed by atoms with Gasteiger partial charge >= 0.3 is 0 Å². The fourth-order valence-corrected chi connectivity index (χ4v) is 1.21. The van der Waals surface area contributed by atoms with Gasteiger partial charge in [0.2, 0.25) is 0 Å². The Bertz CT molecular complexity index is 275. The summed E-state index contributed by atoms with van der Waals surface area (Å²) in [6, 6.07) is 3.94. The van der Waals surface area contributed by atoms with Crippen molar-refractivity contribution in [3.05, 3.63) is 23.9 Å². The Kier molecular flexibility index (Phi) is 6.53. The zero-order valence-corrected chi connectivity index (χ0v) is 10.0. The molecule has 0 aliphatic heterocycles. The Hall–Kier alpha value is -1.13. The minimum absolute atomic E-state index is 0.590. The first-order valence-electron chi connectivity index (χ1n) is 5.65. The molecule has 1 N–H and O–H groups in total. The van der Waals surface area contributed by atoms with Gasteiger partial charge in [-0.1, -0.05) is 13.0 Å². The summed E-state index contributed by atoms with van der Waals surface area (Å²) in [7, 11) is 1.85. The predicted octanol–water partition coefficient (Wildman–Crippen LogP) is 2.07. The van der Waals surface area contributed by atoms with E-state index < -0.39 is 0 Å². The standard InChI is InChI=1S/C12H20N2O2/c1-3-6-15-7-8-16-10-11-4-5-12(13-2)14-9-11/h4-5,9H,3,6-8,10H2,1-2H3,(H,13,14). The van der Waals surface area contributed by atoms with Gasteiger partial charge in [-0.05, 0) is 18.1 Å². The molecule has 1 aromatic heterocycles. The molecule has 0 atom stereocenters. The van der Waals surface area contributed by atoms with Gasteiger partial charge in [-0.25, -0.2) is 4.98 Å². The second-order valence-electron chi connectivity index (χ2n) is 3.47. The molecule has 0 radical (unpaired) electrons. The lowest BCUT2D eigenvalue weighted by atomic mass is 10.3. The highest BCUT2D eigenvalue weighted by molar-refractivity contribution is 5.34. The van der Waals surface area contributed by atoms with E-state index in [-0.39, 0.29) is 0 Å². The van der Waals surface area contributed by atoms with Crippen LogP contribution in [0.15, 0.2) is 18.3 Å². The molecule has 0 saturated heterocycles. The zero-order chi connectivity index (χ0) is 11.6. The van der Waals surface area contributed by atoms with Crippen LogP contribution >= 0.6 is 0 Å². The van der Waals surface area contributed by atoms with Gasteiger partial charge in [0, 0.05) is 19.9 Å². The number of anilines is 1. The van der Waals surface area contributed by atoms with Crippen LogP contribution in [0.1, 0.15) is 18.9 Å². The first kappa shape index (κ1) is 12.9. The number of pyridine rings is 1. The van der Waals surface area contributed by atoms with Crippen LogP contribution in [0.25, 0.3) is 0 Å². The largest absolute Gasteiger partial charge is 0.379 e. The Morgan fingerprint density at radius 1 is 1.19 bits per heavy atom. The highest BCUT2D eigenvalue weighted by Crippen LogP contribution is 2.04. The summed E-state index contributed by atoms with van der Waals surface area (Å²) in [5.74, 6) is 0.870. The molecule has 0 aromatic carbocycles. The molecule has 0 spiro atoms. The van der Waals surface area contributed by atoms with Crippen molar-refractivity contribution in [2.75, 3.05) is 32.2 Å². The normalized spacial score (nSPS) is 10.4. The van der Waals surface area contributed by atoms with E-state index in [2.05, 4.69) is 17.2 Å². The van der Waals surface area contributed by atoms with Crippen molar-refractivity contribution >= 4 is 5.82 Å². The first-order chi connectivity index (χ1) is 7.86. The summed E-state index contributed by atoms with van der Waals surface area (Å²) in [5.41, 5.74) is 1.08. The smallest absolute Gasteiger partial charge is 0.125 e. The van der Waals surface area contributed by atoms with E-state index in [0.29, 0.717) is 19.8 Å². The molecule has 90 valence electrons. The Labute approximate surface area is 97.0 Å². The van der Waals surface area contributed by atoms with Crippen LogP contribution in [0.4, 0.5) is 5.82 Å². The molecule has 1 rings (SSSR count). The Morgan fingerprint density at radius 2 is 2.00 bits per heavy atom. The minimum Gasteiger partial charge on any atom is -0.379 e. The van der Waals surface area contributed by atoms with Gasteiger partial charge < -0.3 is 14.8 Å². The van der Waals surface area contributed by atoms with Crippen LogP contribution in [-0.4, -0.2) is 31.9 Å².